The van der Waals surface area contributed by atoms with Crippen molar-refractivity contribution in [2.45, 2.75) is 39.8 Å². The smallest absolute Gasteiger partial charge is 0.185 e. The van der Waals surface area contributed by atoms with Gasteiger partial charge in [-0.2, -0.15) is 0 Å². The van der Waals surface area contributed by atoms with Gasteiger partial charge in [0.15, 0.2) is 6.29 Å². The minimum absolute atomic E-state index is 0.332. The van der Waals surface area contributed by atoms with E-state index in [0.29, 0.717) is 13.2 Å². The van der Waals surface area contributed by atoms with Crippen LogP contribution in [0.4, 0.5) is 0 Å². The molecular formula is C15H23NO2Si. The van der Waals surface area contributed by atoms with E-state index in [1.54, 1.807) is 6.20 Å². The molecule has 0 atom stereocenters. The van der Waals surface area contributed by atoms with Crippen molar-refractivity contribution in [1.29, 1.82) is 0 Å². The third-order valence-corrected chi connectivity index (χ3v) is 3.14. The highest BCUT2D eigenvalue weighted by molar-refractivity contribution is 6.83. The van der Waals surface area contributed by atoms with Gasteiger partial charge in [-0.25, -0.2) is 4.98 Å². The molecule has 0 spiro atoms. The van der Waals surface area contributed by atoms with Gasteiger partial charge in [-0.15, -0.1) is 5.54 Å². The Morgan fingerprint density at radius 3 is 2.21 bits per heavy atom. The van der Waals surface area contributed by atoms with E-state index in [4.69, 9.17) is 9.47 Å². The molecule has 1 rings (SSSR count). The predicted molar refractivity (Wildman–Crippen MR) is 80.5 cm³/mol. The van der Waals surface area contributed by atoms with Gasteiger partial charge in [-0.3, -0.25) is 0 Å². The molecule has 0 amide bonds. The molecule has 19 heavy (non-hydrogen) atoms. The number of hydrogen-bond donors (Lipinski definition) is 0. The summed E-state index contributed by atoms with van der Waals surface area (Å²) in [7, 11) is -1.35. The van der Waals surface area contributed by atoms with Crippen LogP contribution < -0.4 is 0 Å². The fourth-order valence-corrected chi connectivity index (χ4v) is 1.92. The van der Waals surface area contributed by atoms with Crippen LogP contribution in [0.1, 0.15) is 31.4 Å². The van der Waals surface area contributed by atoms with Crippen LogP contribution in [0.25, 0.3) is 0 Å². The number of aromatic nitrogens is 1. The standard InChI is InChI=1S/C15H23NO2Si/c1-6-17-15(18-7-2)13-8-9-14(16-12-13)10-11-19(3,4)5/h8-9,12,15H,6-7H2,1-5H3. The highest BCUT2D eigenvalue weighted by Crippen LogP contribution is 2.18. The van der Waals surface area contributed by atoms with Crippen molar-refractivity contribution in [3.05, 3.63) is 29.6 Å². The van der Waals surface area contributed by atoms with E-state index in [-0.39, 0.29) is 6.29 Å². The fraction of sp³-hybridized carbons (Fsp3) is 0.533. The Kier molecular flexibility index (Phi) is 6.23. The summed E-state index contributed by atoms with van der Waals surface area (Å²) in [6, 6.07) is 3.89. The first-order valence-electron chi connectivity index (χ1n) is 6.68. The maximum Gasteiger partial charge on any atom is 0.185 e. The van der Waals surface area contributed by atoms with E-state index in [9.17, 15) is 0 Å². The van der Waals surface area contributed by atoms with E-state index in [0.717, 1.165) is 11.3 Å². The van der Waals surface area contributed by atoms with Crippen molar-refractivity contribution in [2.24, 2.45) is 0 Å². The van der Waals surface area contributed by atoms with Crippen LogP contribution in [0.15, 0.2) is 18.3 Å². The maximum atomic E-state index is 5.53. The summed E-state index contributed by atoms with van der Waals surface area (Å²) in [6.07, 6.45) is 1.45. The summed E-state index contributed by atoms with van der Waals surface area (Å²) < 4.78 is 11.1. The van der Waals surface area contributed by atoms with Crippen molar-refractivity contribution in [3.8, 4) is 11.5 Å². The van der Waals surface area contributed by atoms with Crippen LogP contribution in [-0.4, -0.2) is 26.3 Å². The predicted octanol–water partition coefficient (Wildman–Crippen LogP) is 3.38. The zero-order valence-corrected chi connectivity index (χ0v) is 13.5. The Bertz CT molecular complexity index is 434. The van der Waals surface area contributed by atoms with Gasteiger partial charge < -0.3 is 9.47 Å². The highest BCUT2D eigenvalue weighted by atomic mass is 28.3. The topological polar surface area (TPSA) is 31.4 Å². The third kappa shape index (κ3) is 6.02. The normalized spacial score (nSPS) is 11.3. The number of nitrogens with zero attached hydrogens (tertiary/aromatic N) is 1. The monoisotopic (exact) mass is 277 g/mol. The van der Waals surface area contributed by atoms with Crippen LogP contribution in [0.3, 0.4) is 0 Å². The average Bonchev–Trinajstić information content (AvgIpc) is 2.36. The SMILES string of the molecule is CCOC(OCC)c1ccc(C#C[Si](C)(C)C)nc1. The van der Waals surface area contributed by atoms with Crippen LogP contribution >= 0.6 is 0 Å². The molecule has 4 heteroatoms. The molecule has 0 saturated heterocycles. The molecule has 104 valence electrons. The van der Waals surface area contributed by atoms with E-state index in [1.807, 2.05) is 26.0 Å². The molecule has 0 fully saturated rings. The van der Waals surface area contributed by atoms with Crippen molar-refractivity contribution in [3.63, 3.8) is 0 Å². The number of pyridine rings is 1. The van der Waals surface area contributed by atoms with Gasteiger partial charge in [0.2, 0.25) is 0 Å². The summed E-state index contributed by atoms with van der Waals surface area (Å²) in [4.78, 5) is 4.36. The van der Waals surface area contributed by atoms with Crippen molar-refractivity contribution >= 4 is 8.07 Å². The second kappa shape index (κ2) is 7.44. The second-order valence-electron chi connectivity index (χ2n) is 5.22. The lowest BCUT2D eigenvalue weighted by atomic mass is 10.2. The van der Waals surface area contributed by atoms with E-state index < -0.39 is 8.07 Å². The molecule has 1 aromatic rings. The van der Waals surface area contributed by atoms with E-state index >= 15 is 0 Å². The highest BCUT2D eigenvalue weighted by Gasteiger charge is 2.11. The largest absolute Gasteiger partial charge is 0.349 e. The van der Waals surface area contributed by atoms with Crippen molar-refractivity contribution in [2.75, 3.05) is 13.2 Å². The van der Waals surface area contributed by atoms with Gasteiger partial charge in [0.05, 0.1) is 0 Å². The molecule has 1 heterocycles. The Hall–Kier alpha value is -1.15. The quantitative estimate of drug-likeness (QED) is 0.470. The Labute approximate surface area is 117 Å². The number of hydrogen-bond acceptors (Lipinski definition) is 3. The summed E-state index contributed by atoms with van der Waals surface area (Å²) in [5.41, 5.74) is 5.04. The van der Waals surface area contributed by atoms with Gasteiger partial charge in [0.1, 0.15) is 13.8 Å². The van der Waals surface area contributed by atoms with Crippen LogP contribution in [0, 0.1) is 11.5 Å². The minimum atomic E-state index is -1.35. The molecule has 0 unspecified atom stereocenters. The maximum absolute atomic E-state index is 5.53. The molecule has 3 nitrogen and oxygen atoms in total. The Morgan fingerprint density at radius 1 is 1.16 bits per heavy atom. The van der Waals surface area contributed by atoms with Gasteiger partial charge in [0.25, 0.3) is 0 Å². The summed E-state index contributed by atoms with van der Waals surface area (Å²) >= 11 is 0. The lowest BCUT2D eigenvalue weighted by molar-refractivity contribution is -0.140. The summed E-state index contributed by atoms with van der Waals surface area (Å²) in [5, 5.41) is 0. The lowest BCUT2D eigenvalue weighted by Crippen LogP contribution is -2.16. The second-order valence-corrected chi connectivity index (χ2v) is 9.97. The molecule has 0 N–H and O–H groups in total. The first kappa shape index (κ1) is 15.9. The Morgan fingerprint density at radius 2 is 1.79 bits per heavy atom. The minimum Gasteiger partial charge on any atom is -0.349 e. The molecule has 0 radical (unpaired) electrons. The average molecular weight is 277 g/mol. The molecule has 0 bridgehead atoms. The van der Waals surface area contributed by atoms with Crippen molar-refractivity contribution < 1.29 is 9.47 Å². The molecular weight excluding hydrogens is 254 g/mol. The van der Waals surface area contributed by atoms with E-state index in [2.05, 4.69) is 36.1 Å². The van der Waals surface area contributed by atoms with E-state index in [1.165, 1.54) is 0 Å². The number of rotatable bonds is 5. The van der Waals surface area contributed by atoms with Crippen LogP contribution in [0.2, 0.25) is 19.6 Å². The molecule has 1 aromatic heterocycles. The number of ether oxygens (including phenoxy) is 2. The summed E-state index contributed by atoms with van der Waals surface area (Å²) in [6.45, 7) is 11.8. The molecule has 0 aliphatic carbocycles. The molecule has 0 aliphatic heterocycles. The first-order valence-corrected chi connectivity index (χ1v) is 10.2. The lowest BCUT2D eigenvalue weighted by Gasteiger charge is -2.16. The fourth-order valence-electron chi connectivity index (χ4n) is 1.41. The molecule has 0 aromatic carbocycles. The van der Waals surface area contributed by atoms with Crippen LogP contribution in [-0.2, 0) is 9.47 Å². The molecule has 0 aliphatic rings. The van der Waals surface area contributed by atoms with Gasteiger partial charge in [-0.1, -0.05) is 25.6 Å². The molecule has 0 saturated carbocycles. The zero-order valence-electron chi connectivity index (χ0n) is 12.5. The zero-order chi connectivity index (χ0) is 14.3. The van der Waals surface area contributed by atoms with Gasteiger partial charge in [0, 0.05) is 25.0 Å². The van der Waals surface area contributed by atoms with Gasteiger partial charge in [-0.05, 0) is 26.0 Å². The third-order valence-electron chi connectivity index (χ3n) is 2.26. The Balaban J connectivity index is 2.81. The van der Waals surface area contributed by atoms with Gasteiger partial charge >= 0.3 is 0 Å². The first-order chi connectivity index (χ1) is 8.96. The summed E-state index contributed by atoms with van der Waals surface area (Å²) in [5.74, 6) is 3.13. The van der Waals surface area contributed by atoms with Crippen molar-refractivity contribution in [1.82, 2.24) is 4.98 Å². The van der Waals surface area contributed by atoms with Crippen LogP contribution in [0.5, 0.6) is 0 Å².